The fourth-order valence-corrected chi connectivity index (χ4v) is 5.23. The largest absolute Gasteiger partial charge is 0.372 e. The van der Waals surface area contributed by atoms with Crippen molar-refractivity contribution in [2.45, 2.75) is 64.2 Å². The van der Waals surface area contributed by atoms with E-state index >= 15 is 0 Å². The summed E-state index contributed by atoms with van der Waals surface area (Å²) in [7, 11) is 0. The fraction of sp³-hybridized carbons (Fsp3) is 0.900. The molecule has 0 unspecified atom stereocenters. The maximum atomic E-state index is 4.45. The number of aliphatic imine (C=N–C) groups is 2. The molecule has 150 valence electrons. The van der Waals surface area contributed by atoms with Crippen LogP contribution in [0.25, 0.3) is 0 Å². The van der Waals surface area contributed by atoms with Crippen molar-refractivity contribution in [1.29, 1.82) is 0 Å². The van der Waals surface area contributed by atoms with E-state index in [1.165, 1.54) is 86.0 Å². The Morgan fingerprint density at radius 3 is 1.38 bits per heavy atom. The maximum Gasteiger partial charge on any atom is 0.0964 e. The molecule has 0 aromatic heterocycles. The van der Waals surface area contributed by atoms with Crippen LogP contribution in [0.4, 0.5) is 0 Å². The summed E-state index contributed by atoms with van der Waals surface area (Å²) in [5, 5.41) is 6.71. The quantitative estimate of drug-likeness (QED) is 0.358. The van der Waals surface area contributed by atoms with Crippen LogP contribution in [0.5, 0.6) is 0 Å². The molecule has 0 saturated carbocycles. The van der Waals surface area contributed by atoms with E-state index in [4.69, 9.17) is 0 Å². The van der Waals surface area contributed by atoms with Crippen molar-refractivity contribution in [2.75, 3.05) is 49.2 Å². The van der Waals surface area contributed by atoms with E-state index in [1.807, 2.05) is 0 Å². The molecular formula is C20H38N4S2. The molecule has 0 atom stereocenters. The van der Waals surface area contributed by atoms with Gasteiger partial charge in [0.1, 0.15) is 0 Å². The number of nitrogens with one attached hydrogen (secondary N) is 2. The van der Waals surface area contributed by atoms with E-state index < -0.39 is 0 Å². The van der Waals surface area contributed by atoms with Gasteiger partial charge in [0.2, 0.25) is 0 Å². The third-order valence-corrected chi connectivity index (χ3v) is 7.03. The second kappa shape index (κ2) is 15.7. The Labute approximate surface area is 169 Å². The van der Waals surface area contributed by atoms with E-state index in [9.17, 15) is 0 Å². The minimum Gasteiger partial charge on any atom is -0.372 e. The number of rotatable bonds is 17. The molecule has 2 aliphatic heterocycles. The number of nitrogens with zero attached hydrogens (tertiary/aromatic N) is 2. The van der Waals surface area contributed by atoms with Crippen LogP contribution in [0.3, 0.4) is 0 Å². The van der Waals surface area contributed by atoms with Crippen LogP contribution < -0.4 is 10.6 Å². The van der Waals surface area contributed by atoms with Gasteiger partial charge in [-0.05, 0) is 61.5 Å². The van der Waals surface area contributed by atoms with Crippen LogP contribution >= 0.6 is 23.5 Å². The van der Waals surface area contributed by atoms with Gasteiger partial charge in [-0.15, -0.1) is 0 Å². The summed E-state index contributed by atoms with van der Waals surface area (Å²) in [4.78, 5) is 8.89. The van der Waals surface area contributed by atoms with Crippen LogP contribution in [0.15, 0.2) is 9.98 Å². The molecule has 2 heterocycles. The monoisotopic (exact) mass is 398 g/mol. The van der Waals surface area contributed by atoms with E-state index in [-0.39, 0.29) is 0 Å². The minimum absolute atomic E-state index is 0.983. The van der Waals surface area contributed by atoms with Gasteiger partial charge in [0, 0.05) is 25.9 Å². The fourth-order valence-electron chi connectivity index (χ4n) is 3.19. The van der Waals surface area contributed by atoms with Gasteiger partial charge in [-0.3, -0.25) is 9.98 Å². The van der Waals surface area contributed by atoms with Crippen molar-refractivity contribution >= 4 is 35.2 Å². The van der Waals surface area contributed by atoms with Gasteiger partial charge in [0.05, 0.1) is 24.8 Å². The van der Waals surface area contributed by atoms with Gasteiger partial charge >= 0.3 is 0 Å². The first-order valence-corrected chi connectivity index (χ1v) is 13.0. The highest BCUT2D eigenvalue weighted by Crippen LogP contribution is 2.14. The molecule has 2 N–H and O–H groups in total. The van der Waals surface area contributed by atoms with Crippen LogP contribution in [-0.2, 0) is 0 Å². The summed E-state index contributed by atoms with van der Waals surface area (Å²) in [6, 6.07) is 0. The van der Waals surface area contributed by atoms with E-state index in [0.717, 1.165) is 39.0 Å². The first-order chi connectivity index (χ1) is 12.9. The molecular weight excluding hydrogens is 360 g/mol. The predicted octanol–water partition coefficient (Wildman–Crippen LogP) is 4.36. The molecule has 0 bridgehead atoms. The molecule has 6 heteroatoms. The number of hydrogen-bond acceptors (Lipinski definition) is 6. The van der Waals surface area contributed by atoms with Crippen molar-refractivity contribution in [2.24, 2.45) is 9.98 Å². The van der Waals surface area contributed by atoms with Crippen molar-refractivity contribution in [1.82, 2.24) is 10.6 Å². The molecule has 0 spiro atoms. The van der Waals surface area contributed by atoms with Gasteiger partial charge in [-0.25, -0.2) is 0 Å². The molecule has 0 saturated heterocycles. The first-order valence-electron chi connectivity index (χ1n) is 10.6. The molecule has 26 heavy (non-hydrogen) atoms. The third kappa shape index (κ3) is 11.4. The highest BCUT2D eigenvalue weighted by atomic mass is 32.2. The molecule has 0 aromatic carbocycles. The van der Waals surface area contributed by atoms with Crippen LogP contribution in [-0.4, -0.2) is 60.9 Å². The lowest BCUT2D eigenvalue weighted by Crippen LogP contribution is -2.17. The molecule has 2 aliphatic rings. The van der Waals surface area contributed by atoms with E-state index in [0.29, 0.717) is 0 Å². The van der Waals surface area contributed by atoms with Gasteiger partial charge < -0.3 is 10.6 Å². The second-order valence-corrected chi connectivity index (χ2v) is 9.51. The van der Waals surface area contributed by atoms with E-state index in [1.54, 1.807) is 0 Å². The zero-order valence-electron chi connectivity index (χ0n) is 16.4. The lowest BCUT2D eigenvalue weighted by molar-refractivity contribution is 0.739. The predicted molar refractivity (Wildman–Crippen MR) is 121 cm³/mol. The Balaban J connectivity index is 1.20. The standard InChI is InChI=1S/C20H38N4S2/c1(3-9-19-21-11-12-22-19)5-15-25-17-7-8-18-26-16-6-2-4-10-20-23-13-14-24-20/h1-18H2,(H,21,22)(H,23,24). The molecule has 0 fully saturated rings. The summed E-state index contributed by atoms with van der Waals surface area (Å²) in [5.74, 6) is 7.87. The summed E-state index contributed by atoms with van der Waals surface area (Å²) in [6.45, 7) is 4.07. The van der Waals surface area contributed by atoms with Gasteiger partial charge in [-0.2, -0.15) is 23.5 Å². The highest BCUT2D eigenvalue weighted by molar-refractivity contribution is 7.99. The minimum atomic E-state index is 0.983. The SMILES string of the molecule is C(CCSCCCCSCCCCCC1=NCCN1)CCC1=NCCN1. The Morgan fingerprint density at radius 2 is 1.00 bits per heavy atom. The smallest absolute Gasteiger partial charge is 0.0964 e. The Kier molecular flexibility index (Phi) is 13.2. The van der Waals surface area contributed by atoms with Crippen molar-refractivity contribution < 1.29 is 0 Å². The summed E-state index contributed by atoms with van der Waals surface area (Å²) < 4.78 is 0. The first kappa shape index (κ1) is 21.9. The highest BCUT2D eigenvalue weighted by Gasteiger charge is 2.04. The number of amidine groups is 2. The van der Waals surface area contributed by atoms with Gasteiger partial charge in [-0.1, -0.05) is 12.8 Å². The molecule has 0 amide bonds. The average molecular weight is 399 g/mol. The van der Waals surface area contributed by atoms with Gasteiger partial charge in [0.15, 0.2) is 0 Å². The van der Waals surface area contributed by atoms with Gasteiger partial charge in [0.25, 0.3) is 0 Å². The van der Waals surface area contributed by atoms with Crippen LogP contribution in [0.2, 0.25) is 0 Å². The normalized spacial score (nSPS) is 16.3. The molecule has 0 aromatic rings. The lowest BCUT2D eigenvalue weighted by Gasteiger charge is -2.04. The Bertz CT molecular complexity index is 375. The number of thioether (sulfide) groups is 2. The van der Waals surface area contributed by atoms with Crippen molar-refractivity contribution in [3.63, 3.8) is 0 Å². The number of hydrogen-bond donors (Lipinski definition) is 2. The maximum absolute atomic E-state index is 4.45. The van der Waals surface area contributed by atoms with Crippen LogP contribution in [0, 0.1) is 0 Å². The Morgan fingerprint density at radius 1 is 0.577 bits per heavy atom. The average Bonchev–Trinajstić information content (AvgIpc) is 3.35. The summed E-state index contributed by atoms with van der Waals surface area (Å²) in [6.07, 6.45) is 13.2. The molecule has 0 aliphatic carbocycles. The second-order valence-electron chi connectivity index (χ2n) is 7.06. The third-order valence-electron chi connectivity index (χ3n) is 4.72. The Hall–Kier alpha value is -0.360. The van der Waals surface area contributed by atoms with E-state index in [2.05, 4.69) is 44.1 Å². The lowest BCUT2D eigenvalue weighted by atomic mass is 10.2. The summed E-state index contributed by atoms with van der Waals surface area (Å²) in [5.41, 5.74) is 0. The number of unbranched alkanes of at least 4 members (excludes halogenated alkanes) is 5. The molecule has 0 radical (unpaired) electrons. The van der Waals surface area contributed by atoms with Crippen molar-refractivity contribution in [3.05, 3.63) is 0 Å². The summed E-state index contributed by atoms with van der Waals surface area (Å²) >= 11 is 4.30. The van der Waals surface area contributed by atoms with Crippen LogP contribution in [0.1, 0.15) is 64.2 Å². The zero-order chi connectivity index (χ0) is 18.1. The van der Waals surface area contributed by atoms with Crippen molar-refractivity contribution in [3.8, 4) is 0 Å². The molecule has 2 rings (SSSR count). The molecule has 4 nitrogen and oxygen atoms in total. The zero-order valence-corrected chi connectivity index (χ0v) is 18.1. The topological polar surface area (TPSA) is 48.8 Å².